The molecule has 182 valence electrons. The van der Waals surface area contributed by atoms with Gasteiger partial charge in [-0.15, -0.1) is 11.3 Å². The van der Waals surface area contributed by atoms with Gasteiger partial charge in [0.25, 0.3) is 5.91 Å². The van der Waals surface area contributed by atoms with Crippen LogP contribution in [0.15, 0.2) is 60.0 Å². The number of piperidine rings is 1. The monoisotopic (exact) mass is 487 g/mol. The number of para-hydroxylation sites is 2. The number of carbonyl (C=O) groups excluding carboxylic acids is 1. The Morgan fingerprint density at radius 2 is 1.69 bits per heavy atom. The average Bonchev–Trinajstić information content (AvgIpc) is 3.47. The number of benzene rings is 2. The number of nitrogens with zero attached hydrogens (tertiary/aromatic N) is 3. The van der Waals surface area contributed by atoms with Crippen LogP contribution in [-0.2, 0) is 6.54 Å². The largest absolute Gasteiger partial charge is 0.453 e. The maximum Gasteiger partial charge on any atom is 0.253 e. The first kappa shape index (κ1) is 22.6. The second-order valence-electron chi connectivity index (χ2n) is 9.86. The highest BCUT2D eigenvalue weighted by atomic mass is 32.1. The van der Waals surface area contributed by atoms with E-state index in [9.17, 15) is 4.79 Å². The molecule has 2 fully saturated rings. The lowest BCUT2D eigenvalue weighted by molar-refractivity contribution is 0.0772. The van der Waals surface area contributed by atoms with E-state index in [1.54, 1.807) is 0 Å². The van der Waals surface area contributed by atoms with Crippen LogP contribution in [-0.4, -0.2) is 46.9 Å². The molecule has 35 heavy (non-hydrogen) atoms. The van der Waals surface area contributed by atoms with Crippen LogP contribution < -0.4 is 9.64 Å². The summed E-state index contributed by atoms with van der Waals surface area (Å²) in [6.07, 6.45) is 4.86. The first-order valence-corrected chi connectivity index (χ1v) is 13.8. The molecule has 3 aliphatic rings. The molecule has 1 aromatic heterocycles. The molecule has 0 saturated carbocycles. The molecule has 0 unspecified atom stereocenters. The minimum Gasteiger partial charge on any atom is -0.453 e. The summed E-state index contributed by atoms with van der Waals surface area (Å²) < 4.78 is 6.38. The Balaban J connectivity index is 1.32. The zero-order valence-corrected chi connectivity index (χ0v) is 21.3. The van der Waals surface area contributed by atoms with Crippen LogP contribution in [0, 0.1) is 0 Å². The van der Waals surface area contributed by atoms with E-state index in [-0.39, 0.29) is 5.91 Å². The molecule has 5 nitrogen and oxygen atoms in total. The topological polar surface area (TPSA) is 36.0 Å². The van der Waals surface area contributed by atoms with Gasteiger partial charge >= 0.3 is 0 Å². The molecule has 0 radical (unpaired) electrons. The zero-order chi connectivity index (χ0) is 23.9. The summed E-state index contributed by atoms with van der Waals surface area (Å²) >= 11 is 1.87. The number of anilines is 2. The summed E-state index contributed by atoms with van der Waals surface area (Å²) in [5.74, 6) is 1.72. The molecule has 6 heteroatoms. The fourth-order valence-electron chi connectivity index (χ4n) is 6.30. The van der Waals surface area contributed by atoms with Crippen molar-refractivity contribution in [3.05, 3.63) is 70.4 Å². The lowest BCUT2D eigenvalue weighted by Gasteiger charge is -2.46. The summed E-state index contributed by atoms with van der Waals surface area (Å²) in [7, 11) is 0. The summed E-state index contributed by atoms with van der Waals surface area (Å²) in [6.45, 7) is 6.53. The van der Waals surface area contributed by atoms with E-state index in [1.807, 2.05) is 54.3 Å². The van der Waals surface area contributed by atoms with Crippen LogP contribution in [0.4, 0.5) is 11.4 Å². The number of hydrogen-bond donors (Lipinski definition) is 0. The molecule has 2 bridgehead atoms. The summed E-state index contributed by atoms with van der Waals surface area (Å²) in [5, 5.41) is 2.19. The van der Waals surface area contributed by atoms with Gasteiger partial charge in [-0.05, 0) is 81.3 Å². The average molecular weight is 488 g/mol. The van der Waals surface area contributed by atoms with E-state index in [0.29, 0.717) is 36.8 Å². The molecule has 0 N–H and O–H groups in total. The normalized spacial score (nSPS) is 22.9. The summed E-state index contributed by atoms with van der Waals surface area (Å²) in [5.41, 5.74) is 2.91. The van der Waals surface area contributed by atoms with Gasteiger partial charge in [0, 0.05) is 48.2 Å². The summed E-state index contributed by atoms with van der Waals surface area (Å²) in [4.78, 5) is 21.6. The number of ether oxygens (including phenoxy) is 1. The van der Waals surface area contributed by atoms with Gasteiger partial charge in [0.15, 0.2) is 11.5 Å². The van der Waals surface area contributed by atoms with Gasteiger partial charge in [-0.1, -0.05) is 18.2 Å². The minimum atomic E-state index is 0.0618. The molecular weight excluding hydrogens is 454 g/mol. The van der Waals surface area contributed by atoms with E-state index in [0.717, 1.165) is 42.3 Å². The highest BCUT2D eigenvalue weighted by molar-refractivity contribution is 7.09. The van der Waals surface area contributed by atoms with E-state index >= 15 is 0 Å². The number of rotatable bonds is 6. The van der Waals surface area contributed by atoms with Crippen LogP contribution in [0.25, 0.3) is 0 Å². The number of fused-ring (bicyclic) bond motifs is 4. The first-order valence-electron chi connectivity index (χ1n) is 12.9. The fraction of sp³-hybridized carbons (Fsp3) is 0.414. The molecule has 3 aromatic rings. The van der Waals surface area contributed by atoms with Crippen LogP contribution in [0.3, 0.4) is 0 Å². The molecule has 4 heterocycles. The third-order valence-corrected chi connectivity index (χ3v) is 8.87. The van der Waals surface area contributed by atoms with E-state index in [1.165, 1.54) is 17.7 Å². The van der Waals surface area contributed by atoms with Crippen molar-refractivity contribution < 1.29 is 9.53 Å². The van der Waals surface area contributed by atoms with Crippen LogP contribution in [0.2, 0.25) is 0 Å². The molecule has 0 aliphatic carbocycles. The molecule has 1 amide bonds. The standard InChI is InChI=1S/C29H33N3O2S/c1-3-30(4-2)29(33)20-11-14-26-28(16-20)34-27-10-6-5-9-25(27)32(26)23-17-21-12-13-22(18-23)31(21)19-24-8-7-15-35-24/h5-11,14-16,21-23H,3-4,12-13,17-19H2,1-2H3/t21-,22+,23+. The van der Waals surface area contributed by atoms with Crippen LogP contribution in [0.1, 0.15) is 54.8 Å². The van der Waals surface area contributed by atoms with E-state index < -0.39 is 0 Å². The maximum absolute atomic E-state index is 13.0. The lowest BCUT2D eigenvalue weighted by atomic mass is 9.93. The van der Waals surface area contributed by atoms with Gasteiger partial charge < -0.3 is 14.5 Å². The first-order chi connectivity index (χ1) is 17.2. The summed E-state index contributed by atoms with van der Waals surface area (Å²) in [6, 6.07) is 20.4. The molecule has 6 rings (SSSR count). The molecule has 3 aliphatic heterocycles. The van der Waals surface area contributed by atoms with Crippen molar-refractivity contribution in [2.45, 2.75) is 64.2 Å². The van der Waals surface area contributed by atoms with Gasteiger partial charge in [-0.3, -0.25) is 9.69 Å². The Morgan fingerprint density at radius 1 is 0.943 bits per heavy atom. The van der Waals surface area contributed by atoms with Gasteiger partial charge in [-0.2, -0.15) is 0 Å². The molecular formula is C29H33N3O2S. The maximum atomic E-state index is 13.0. The quantitative estimate of drug-likeness (QED) is 0.389. The third-order valence-electron chi connectivity index (χ3n) is 8.00. The number of thiophene rings is 1. The van der Waals surface area contributed by atoms with Crippen LogP contribution in [0.5, 0.6) is 11.5 Å². The molecule has 0 spiro atoms. The van der Waals surface area contributed by atoms with Crippen molar-refractivity contribution in [1.29, 1.82) is 0 Å². The van der Waals surface area contributed by atoms with Gasteiger partial charge in [0.05, 0.1) is 11.4 Å². The SMILES string of the molecule is CCN(CC)C(=O)c1ccc2c(c1)Oc1ccccc1N2[C@H]1C[C@H]2CC[C@@H](C1)N2Cc1cccs1. The van der Waals surface area contributed by atoms with Crippen molar-refractivity contribution in [1.82, 2.24) is 9.80 Å². The second kappa shape index (κ2) is 9.32. The predicted molar refractivity (Wildman–Crippen MR) is 142 cm³/mol. The number of carbonyl (C=O) groups is 1. The number of hydrogen-bond acceptors (Lipinski definition) is 5. The van der Waals surface area contributed by atoms with Crippen molar-refractivity contribution in [2.24, 2.45) is 0 Å². The number of amides is 1. The van der Waals surface area contributed by atoms with Crippen LogP contribution >= 0.6 is 11.3 Å². The lowest BCUT2D eigenvalue weighted by Crippen LogP contribution is -2.49. The van der Waals surface area contributed by atoms with E-state index in [2.05, 4.69) is 45.5 Å². The highest BCUT2D eigenvalue weighted by Crippen LogP contribution is 2.51. The van der Waals surface area contributed by atoms with Gasteiger partial charge in [0.2, 0.25) is 0 Å². The molecule has 2 saturated heterocycles. The Hall–Kier alpha value is -2.83. The Kier molecular flexibility index (Phi) is 6.02. The molecule has 3 atom stereocenters. The second-order valence-corrected chi connectivity index (χ2v) is 10.9. The zero-order valence-electron chi connectivity index (χ0n) is 20.5. The minimum absolute atomic E-state index is 0.0618. The van der Waals surface area contributed by atoms with Gasteiger partial charge in [-0.25, -0.2) is 0 Å². The van der Waals surface area contributed by atoms with E-state index in [4.69, 9.17) is 4.74 Å². The van der Waals surface area contributed by atoms with Crippen molar-refractivity contribution in [2.75, 3.05) is 18.0 Å². The Labute approximate surface area is 211 Å². The highest BCUT2D eigenvalue weighted by Gasteiger charge is 2.44. The smallest absolute Gasteiger partial charge is 0.253 e. The predicted octanol–water partition coefficient (Wildman–Crippen LogP) is 6.67. The van der Waals surface area contributed by atoms with Gasteiger partial charge in [0.1, 0.15) is 0 Å². The fourth-order valence-corrected chi connectivity index (χ4v) is 7.02. The van der Waals surface area contributed by atoms with Crippen molar-refractivity contribution in [3.8, 4) is 11.5 Å². The Morgan fingerprint density at radius 3 is 2.40 bits per heavy atom. The third kappa shape index (κ3) is 4.03. The van der Waals surface area contributed by atoms with Crippen molar-refractivity contribution in [3.63, 3.8) is 0 Å². The van der Waals surface area contributed by atoms with Crippen molar-refractivity contribution >= 4 is 28.6 Å². The molecule has 2 aromatic carbocycles. The Bertz CT molecular complexity index is 1190.